The van der Waals surface area contributed by atoms with Crippen LogP contribution >= 0.6 is 35.3 Å². The topological polar surface area (TPSA) is 70.6 Å². The van der Waals surface area contributed by atoms with Gasteiger partial charge < -0.3 is 20.7 Å². The van der Waals surface area contributed by atoms with Gasteiger partial charge in [0.15, 0.2) is 11.1 Å². The van der Waals surface area contributed by atoms with E-state index in [0.29, 0.717) is 0 Å². The zero-order valence-electron chi connectivity index (χ0n) is 13.5. The second kappa shape index (κ2) is 11.4. The first kappa shape index (κ1) is 19.9. The van der Waals surface area contributed by atoms with Crippen molar-refractivity contribution in [1.29, 1.82) is 0 Å². The molecule has 2 rings (SSSR count). The molecule has 6 nitrogen and oxygen atoms in total. The van der Waals surface area contributed by atoms with Gasteiger partial charge in [0, 0.05) is 40.4 Å². The number of aliphatic imine (C=N–C) groups is 1. The van der Waals surface area contributed by atoms with E-state index in [4.69, 9.17) is 4.74 Å². The minimum atomic E-state index is 0. The lowest BCUT2D eigenvalue weighted by molar-refractivity contribution is 0.195. The minimum absolute atomic E-state index is 0. The highest BCUT2D eigenvalue weighted by Crippen LogP contribution is 2.24. The van der Waals surface area contributed by atoms with Gasteiger partial charge in [0.1, 0.15) is 0 Å². The van der Waals surface area contributed by atoms with Gasteiger partial charge in [-0.1, -0.05) is 23.5 Å². The number of nitrogens with one attached hydrogen (secondary N) is 3. The Kier molecular flexibility index (Phi) is 9.88. The van der Waals surface area contributed by atoms with E-state index in [-0.39, 0.29) is 24.0 Å². The van der Waals surface area contributed by atoms with Gasteiger partial charge >= 0.3 is 0 Å². The molecule has 0 atom stereocenters. The molecule has 1 aromatic heterocycles. The number of para-hydroxylation sites is 1. The first-order valence-corrected chi connectivity index (χ1v) is 8.18. The molecule has 0 aliphatic carbocycles. The Morgan fingerprint density at radius 3 is 2.74 bits per heavy atom. The Balaban J connectivity index is 0.00000264. The smallest absolute Gasteiger partial charge is 0.191 e. The fourth-order valence-electron chi connectivity index (χ4n) is 1.94. The number of methoxy groups -OCH3 is 1. The van der Waals surface area contributed by atoms with Crippen LogP contribution in [0.5, 0.6) is 0 Å². The van der Waals surface area contributed by atoms with Gasteiger partial charge in [0.25, 0.3) is 0 Å². The highest BCUT2D eigenvalue weighted by Gasteiger charge is 2.02. The maximum Gasteiger partial charge on any atom is 0.191 e. The summed E-state index contributed by atoms with van der Waals surface area (Å²) in [5, 5.41) is 10.8. The lowest BCUT2D eigenvalue weighted by atomic mass is 10.3. The SMILES string of the molecule is CN=C(NCCCOC)NCCNc1nc2ccccc2s1.I. The summed E-state index contributed by atoms with van der Waals surface area (Å²) < 4.78 is 6.22. The second-order valence-electron chi connectivity index (χ2n) is 4.69. The van der Waals surface area contributed by atoms with Crippen LogP contribution in [-0.2, 0) is 4.74 Å². The van der Waals surface area contributed by atoms with Gasteiger partial charge in [-0.05, 0) is 18.6 Å². The number of nitrogens with zero attached hydrogens (tertiary/aromatic N) is 2. The van der Waals surface area contributed by atoms with E-state index >= 15 is 0 Å². The van der Waals surface area contributed by atoms with Gasteiger partial charge in [0.05, 0.1) is 10.2 Å². The number of hydrogen-bond acceptors (Lipinski definition) is 5. The molecule has 128 valence electrons. The van der Waals surface area contributed by atoms with Crippen LogP contribution in [0.2, 0.25) is 0 Å². The van der Waals surface area contributed by atoms with Crippen LogP contribution in [0.1, 0.15) is 6.42 Å². The Hall–Kier alpha value is -1.13. The molecule has 3 N–H and O–H groups in total. The number of aromatic nitrogens is 1. The van der Waals surface area contributed by atoms with E-state index in [9.17, 15) is 0 Å². The molecule has 0 amide bonds. The van der Waals surface area contributed by atoms with E-state index < -0.39 is 0 Å². The Bertz CT molecular complexity index is 571. The quantitative estimate of drug-likeness (QED) is 0.250. The molecule has 0 saturated heterocycles. The molecule has 2 aromatic rings. The Morgan fingerprint density at radius 1 is 1.22 bits per heavy atom. The number of benzene rings is 1. The predicted molar refractivity (Wildman–Crippen MR) is 109 cm³/mol. The van der Waals surface area contributed by atoms with Crippen molar-refractivity contribution in [3.8, 4) is 0 Å². The number of hydrogen-bond donors (Lipinski definition) is 3. The third kappa shape index (κ3) is 6.88. The molecule has 0 aliphatic rings. The zero-order chi connectivity index (χ0) is 15.6. The summed E-state index contributed by atoms with van der Waals surface area (Å²) in [6.45, 7) is 3.17. The molecule has 1 aromatic carbocycles. The Morgan fingerprint density at radius 2 is 2.00 bits per heavy atom. The van der Waals surface area contributed by atoms with Gasteiger partial charge in [-0.3, -0.25) is 4.99 Å². The molecule has 0 bridgehead atoms. The summed E-state index contributed by atoms with van der Waals surface area (Å²) in [5.74, 6) is 0.808. The lowest BCUT2D eigenvalue weighted by Crippen LogP contribution is -2.40. The summed E-state index contributed by atoms with van der Waals surface area (Å²) in [6, 6.07) is 8.15. The van der Waals surface area contributed by atoms with Gasteiger partial charge in [-0.2, -0.15) is 0 Å². The molecule has 23 heavy (non-hydrogen) atoms. The summed E-state index contributed by atoms with van der Waals surface area (Å²) in [5.41, 5.74) is 1.04. The summed E-state index contributed by atoms with van der Waals surface area (Å²) >= 11 is 1.67. The number of fused-ring (bicyclic) bond motifs is 1. The lowest BCUT2D eigenvalue weighted by Gasteiger charge is -2.11. The van der Waals surface area contributed by atoms with Crippen molar-refractivity contribution in [3.05, 3.63) is 24.3 Å². The van der Waals surface area contributed by atoms with E-state index in [0.717, 1.165) is 49.3 Å². The van der Waals surface area contributed by atoms with Crippen LogP contribution in [0.3, 0.4) is 0 Å². The Labute approximate surface area is 158 Å². The summed E-state index contributed by atoms with van der Waals surface area (Å²) in [4.78, 5) is 8.72. The van der Waals surface area contributed by atoms with Gasteiger partial charge in [-0.25, -0.2) is 4.98 Å². The maximum absolute atomic E-state index is 5.01. The fourth-order valence-corrected chi connectivity index (χ4v) is 2.83. The van der Waals surface area contributed by atoms with Crippen LogP contribution < -0.4 is 16.0 Å². The van der Waals surface area contributed by atoms with Gasteiger partial charge in [0.2, 0.25) is 0 Å². The molecule has 0 fully saturated rings. The molecule has 0 spiro atoms. The number of halogens is 1. The molecule has 0 saturated carbocycles. The number of rotatable bonds is 8. The predicted octanol–water partition coefficient (Wildman–Crippen LogP) is 2.53. The van der Waals surface area contributed by atoms with Crippen LogP contribution in [0.15, 0.2) is 29.3 Å². The van der Waals surface area contributed by atoms with Crippen molar-refractivity contribution in [2.75, 3.05) is 45.7 Å². The molecule has 1 heterocycles. The molecule has 0 unspecified atom stereocenters. The standard InChI is InChI=1S/C15H23N5OS.HI/c1-16-14(17-8-5-11-21-2)18-9-10-19-15-20-12-6-3-4-7-13(12)22-15;/h3-4,6-7H,5,8-11H2,1-2H3,(H,19,20)(H2,16,17,18);1H. The molecular weight excluding hydrogens is 425 g/mol. The molecule has 0 aliphatic heterocycles. The maximum atomic E-state index is 5.01. The van der Waals surface area contributed by atoms with E-state index in [1.165, 1.54) is 4.70 Å². The average molecular weight is 449 g/mol. The highest BCUT2D eigenvalue weighted by molar-refractivity contribution is 14.0. The number of anilines is 1. The summed E-state index contributed by atoms with van der Waals surface area (Å²) in [7, 11) is 3.48. The van der Waals surface area contributed by atoms with Crippen molar-refractivity contribution in [2.45, 2.75) is 6.42 Å². The third-order valence-electron chi connectivity index (χ3n) is 3.03. The number of guanidine groups is 1. The van der Waals surface area contributed by atoms with E-state index in [1.807, 2.05) is 18.2 Å². The van der Waals surface area contributed by atoms with Crippen molar-refractivity contribution in [2.24, 2.45) is 4.99 Å². The largest absolute Gasteiger partial charge is 0.385 e. The first-order valence-electron chi connectivity index (χ1n) is 7.36. The zero-order valence-corrected chi connectivity index (χ0v) is 16.6. The summed E-state index contributed by atoms with van der Waals surface area (Å²) in [6.07, 6.45) is 0.959. The normalized spacial score (nSPS) is 11.1. The number of thiazole rings is 1. The monoisotopic (exact) mass is 449 g/mol. The highest BCUT2D eigenvalue weighted by atomic mass is 127. The fraction of sp³-hybridized carbons (Fsp3) is 0.467. The molecule has 8 heteroatoms. The second-order valence-corrected chi connectivity index (χ2v) is 5.72. The van der Waals surface area contributed by atoms with Crippen molar-refractivity contribution >= 4 is 56.6 Å². The van der Waals surface area contributed by atoms with Crippen LogP contribution in [-0.4, -0.2) is 51.3 Å². The van der Waals surface area contributed by atoms with Crippen LogP contribution in [0.4, 0.5) is 5.13 Å². The molecular formula is C15H24IN5OS. The minimum Gasteiger partial charge on any atom is -0.385 e. The average Bonchev–Trinajstić information content (AvgIpc) is 2.96. The van der Waals surface area contributed by atoms with E-state index in [2.05, 4.69) is 32.0 Å². The number of ether oxygens (including phenoxy) is 1. The van der Waals surface area contributed by atoms with E-state index in [1.54, 1.807) is 25.5 Å². The molecule has 0 radical (unpaired) electrons. The van der Waals surface area contributed by atoms with Gasteiger partial charge in [-0.15, -0.1) is 24.0 Å². The third-order valence-corrected chi connectivity index (χ3v) is 4.02. The van der Waals surface area contributed by atoms with Crippen molar-refractivity contribution in [3.63, 3.8) is 0 Å². The first-order chi connectivity index (χ1) is 10.8. The van der Waals surface area contributed by atoms with Crippen LogP contribution in [0, 0.1) is 0 Å². The van der Waals surface area contributed by atoms with Crippen molar-refractivity contribution < 1.29 is 4.74 Å². The van der Waals surface area contributed by atoms with Crippen LogP contribution in [0.25, 0.3) is 10.2 Å². The van der Waals surface area contributed by atoms with Crippen molar-refractivity contribution in [1.82, 2.24) is 15.6 Å².